The molecule has 1 aliphatic rings. The Hall–Kier alpha value is -2.34. The van der Waals surface area contributed by atoms with Crippen LogP contribution in [0.1, 0.15) is 15.9 Å². The molecule has 1 atom stereocenters. The van der Waals surface area contributed by atoms with Crippen LogP contribution in [0.3, 0.4) is 0 Å². The Bertz CT molecular complexity index is 801. The molecule has 0 spiro atoms. The number of rotatable bonds is 5. The van der Waals surface area contributed by atoms with Gasteiger partial charge >= 0.3 is 0 Å². The lowest BCUT2D eigenvalue weighted by molar-refractivity contribution is 0.0746. The van der Waals surface area contributed by atoms with Crippen LogP contribution < -0.4 is 9.64 Å². The molecule has 5 nitrogen and oxygen atoms in total. The highest BCUT2D eigenvalue weighted by atomic mass is 32.2. The average molecular weight is 372 g/mol. The van der Waals surface area contributed by atoms with Gasteiger partial charge in [0, 0.05) is 54.6 Å². The Morgan fingerprint density at radius 3 is 2.50 bits per heavy atom. The second-order valence-electron chi connectivity index (χ2n) is 6.37. The highest BCUT2D eigenvalue weighted by molar-refractivity contribution is 7.83. The van der Waals surface area contributed by atoms with Gasteiger partial charge in [0.1, 0.15) is 5.75 Å². The number of para-hydroxylation sites is 2. The molecule has 1 amide bonds. The first-order valence-electron chi connectivity index (χ1n) is 8.64. The normalized spacial score (nSPS) is 15.6. The fraction of sp³-hybridized carbons (Fsp3) is 0.350. The molecule has 138 valence electrons. The van der Waals surface area contributed by atoms with Gasteiger partial charge in [-0.25, -0.2) is 0 Å². The van der Waals surface area contributed by atoms with E-state index in [1.54, 1.807) is 13.4 Å². The number of anilines is 1. The summed E-state index contributed by atoms with van der Waals surface area (Å²) in [4.78, 5) is 16.9. The second-order valence-corrected chi connectivity index (χ2v) is 7.80. The number of carbonyl (C=O) groups is 1. The lowest BCUT2D eigenvalue weighted by Crippen LogP contribution is -2.48. The molecular weight excluding hydrogens is 348 g/mol. The number of hydrogen-bond acceptors (Lipinski definition) is 4. The van der Waals surface area contributed by atoms with Gasteiger partial charge in [-0.05, 0) is 29.8 Å². The second kappa shape index (κ2) is 8.36. The van der Waals surface area contributed by atoms with E-state index in [9.17, 15) is 9.00 Å². The van der Waals surface area contributed by atoms with Crippen LogP contribution in [-0.2, 0) is 16.6 Å². The monoisotopic (exact) mass is 372 g/mol. The van der Waals surface area contributed by atoms with E-state index >= 15 is 0 Å². The van der Waals surface area contributed by atoms with Gasteiger partial charge in [0.25, 0.3) is 5.91 Å². The predicted molar refractivity (Wildman–Crippen MR) is 105 cm³/mol. The van der Waals surface area contributed by atoms with Crippen molar-refractivity contribution in [3.8, 4) is 5.75 Å². The molecule has 0 radical (unpaired) electrons. The largest absolute Gasteiger partial charge is 0.495 e. The lowest BCUT2D eigenvalue weighted by atomic mass is 10.1. The molecule has 26 heavy (non-hydrogen) atoms. The molecule has 1 fully saturated rings. The molecule has 2 aromatic rings. The molecule has 0 bridgehead atoms. The fourth-order valence-corrected chi connectivity index (χ4v) is 3.90. The van der Waals surface area contributed by atoms with Crippen molar-refractivity contribution in [2.75, 3.05) is 44.4 Å². The molecule has 1 aliphatic heterocycles. The van der Waals surface area contributed by atoms with Crippen molar-refractivity contribution >= 4 is 22.4 Å². The Balaban J connectivity index is 1.66. The van der Waals surface area contributed by atoms with Crippen LogP contribution >= 0.6 is 0 Å². The van der Waals surface area contributed by atoms with Gasteiger partial charge < -0.3 is 14.5 Å². The van der Waals surface area contributed by atoms with E-state index in [2.05, 4.69) is 4.90 Å². The molecule has 0 aromatic heterocycles. The number of methoxy groups -OCH3 is 1. The minimum absolute atomic E-state index is 0.0356. The fourth-order valence-electron chi connectivity index (χ4n) is 3.25. The first kappa shape index (κ1) is 18.5. The van der Waals surface area contributed by atoms with Crippen LogP contribution in [0.4, 0.5) is 5.69 Å². The molecule has 1 unspecified atom stereocenters. The van der Waals surface area contributed by atoms with Gasteiger partial charge in [0.2, 0.25) is 0 Å². The van der Waals surface area contributed by atoms with E-state index in [4.69, 9.17) is 4.74 Å². The van der Waals surface area contributed by atoms with Crippen molar-refractivity contribution in [1.82, 2.24) is 4.90 Å². The van der Waals surface area contributed by atoms with E-state index in [0.717, 1.165) is 30.1 Å². The van der Waals surface area contributed by atoms with Crippen molar-refractivity contribution < 1.29 is 13.7 Å². The molecule has 1 saturated heterocycles. The summed E-state index contributed by atoms with van der Waals surface area (Å²) in [7, 11) is 0.760. The topological polar surface area (TPSA) is 49.9 Å². The Morgan fingerprint density at radius 1 is 1.08 bits per heavy atom. The molecule has 0 aliphatic carbocycles. The van der Waals surface area contributed by atoms with Crippen LogP contribution in [0.2, 0.25) is 0 Å². The Kier molecular flexibility index (Phi) is 5.93. The average Bonchev–Trinajstić information content (AvgIpc) is 2.67. The summed E-state index contributed by atoms with van der Waals surface area (Å²) in [5, 5.41) is 0. The van der Waals surface area contributed by atoms with Crippen LogP contribution in [0.5, 0.6) is 5.75 Å². The third kappa shape index (κ3) is 4.25. The molecule has 1 heterocycles. The van der Waals surface area contributed by atoms with E-state index < -0.39 is 10.8 Å². The first-order chi connectivity index (χ1) is 12.6. The number of benzene rings is 2. The lowest BCUT2D eigenvalue weighted by Gasteiger charge is -2.36. The molecular formula is C20H24N2O3S. The van der Waals surface area contributed by atoms with Crippen molar-refractivity contribution in [1.29, 1.82) is 0 Å². The zero-order valence-corrected chi connectivity index (χ0v) is 16.0. The number of carbonyl (C=O) groups excluding carboxylic acids is 1. The Labute approximate surface area is 157 Å². The number of nitrogens with zero attached hydrogens (tertiary/aromatic N) is 2. The van der Waals surface area contributed by atoms with Gasteiger partial charge in [-0.1, -0.05) is 24.3 Å². The number of amides is 1. The summed E-state index contributed by atoms with van der Waals surface area (Å²) in [6, 6.07) is 15.4. The molecule has 0 N–H and O–H groups in total. The summed E-state index contributed by atoms with van der Waals surface area (Å²) in [5.41, 5.74) is 2.66. The van der Waals surface area contributed by atoms with E-state index in [1.165, 1.54) is 0 Å². The van der Waals surface area contributed by atoms with Gasteiger partial charge in [-0.15, -0.1) is 0 Å². The number of ether oxygens (including phenoxy) is 1. The van der Waals surface area contributed by atoms with Crippen LogP contribution in [0, 0.1) is 0 Å². The summed E-state index contributed by atoms with van der Waals surface area (Å²) >= 11 is 0. The van der Waals surface area contributed by atoms with Crippen LogP contribution in [-0.4, -0.2) is 54.6 Å². The standard InChI is InChI=1S/C20H24N2O3S/c1-25-19-9-4-3-8-18(19)21-10-12-22(13-11-21)20(23)17-7-5-6-16(14-17)15-26(2)24/h3-9,14H,10-13,15H2,1-2H3. The smallest absolute Gasteiger partial charge is 0.253 e. The quantitative estimate of drug-likeness (QED) is 0.809. The molecule has 3 rings (SSSR count). The van der Waals surface area contributed by atoms with Gasteiger partial charge in [-0.2, -0.15) is 0 Å². The van der Waals surface area contributed by atoms with E-state index in [0.29, 0.717) is 24.4 Å². The van der Waals surface area contributed by atoms with Gasteiger partial charge in [0.05, 0.1) is 12.8 Å². The third-order valence-corrected chi connectivity index (χ3v) is 5.28. The predicted octanol–water partition coefficient (Wildman–Crippen LogP) is 2.54. The van der Waals surface area contributed by atoms with Crippen LogP contribution in [0.15, 0.2) is 48.5 Å². The summed E-state index contributed by atoms with van der Waals surface area (Å²) in [6.45, 7) is 2.87. The summed E-state index contributed by atoms with van der Waals surface area (Å²) in [5.74, 6) is 1.36. The number of hydrogen-bond donors (Lipinski definition) is 0. The number of piperazine rings is 1. The highest BCUT2D eigenvalue weighted by Crippen LogP contribution is 2.28. The van der Waals surface area contributed by atoms with Gasteiger partial charge in [0.15, 0.2) is 0 Å². The summed E-state index contributed by atoms with van der Waals surface area (Å²) in [6.07, 6.45) is 1.67. The Morgan fingerprint density at radius 2 is 1.81 bits per heavy atom. The maximum atomic E-state index is 12.8. The molecule has 6 heteroatoms. The van der Waals surface area contributed by atoms with Crippen molar-refractivity contribution in [3.05, 3.63) is 59.7 Å². The van der Waals surface area contributed by atoms with Crippen molar-refractivity contribution in [3.63, 3.8) is 0 Å². The minimum Gasteiger partial charge on any atom is -0.495 e. The minimum atomic E-state index is -0.915. The van der Waals surface area contributed by atoms with Crippen molar-refractivity contribution in [2.45, 2.75) is 5.75 Å². The maximum absolute atomic E-state index is 12.8. The first-order valence-corrected chi connectivity index (χ1v) is 10.4. The van der Waals surface area contributed by atoms with E-state index in [1.807, 2.05) is 53.4 Å². The molecule has 2 aromatic carbocycles. The maximum Gasteiger partial charge on any atom is 0.253 e. The summed E-state index contributed by atoms with van der Waals surface area (Å²) < 4.78 is 16.9. The van der Waals surface area contributed by atoms with Crippen molar-refractivity contribution in [2.24, 2.45) is 0 Å². The zero-order valence-electron chi connectivity index (χ0n) is 15.2. The van der Waals surface area contributed by atoms with Crippen LogP contribution in [0.25, 0.3) is 0 Å². The van der Waals surface area contributed by atoms with Gasteiger partial charge in [-0.3, -0.25) is 9.00 Å². The zero-order chi connectivity index (χ0) is 18.5. The molecule has 0 saturated carbocycles. The third-order valence-electron chi connectivity index (χ3n) is 4.54. The SMILES string of the molecule is COc1ccccc1N1CCN(C(=O)c2cccc(CS(C)=O)c2)CC1. The highest BCUT2D eigenvalue weighted by Gasteiger charge is 2.23. The van der Waals surface area contributed by atoms with E-state index in [-0.39, 0.29) is 5.91 Å².